The molecule has 0 spiro atoms. The Bertz CT molecular complexity index is 146. The molecular weight excluding hydrogens is 118 g/mol. The molecule has 0 aliphatic heterocycles. The monoisotopic (exact) mass is 125 g/mol. The lowest BCUT2D eigenvalue weighted by Crippen LogP contribution is -1.67. The van der Waals surface area contributed by atoms with Crippen LogP contribution in [-0.4, -0.2) is 11.7 Å². The molecule has 0 fully saturated rings. The predicted molar refractivity (Wildman–Crippen MR) is 38.0 cm³/mol. The van der Waals surface area contributed by atoms with Gasteiger partial charge in [-0.2, -0.15) is 0 Å². The third-order valence-electron chi connectivity index (χ3n) is 0.524. The summed E-state index contributed by atoms with van der Waals surface area (Å²) in [6.45, 7) is 2.49. The number of thiocarbonyl (C=S) groups is 1. The van der Waals surface area contributed by atoms with Gasteiger partial charge in [-0.05, 0) is 12.2 Å². The van der Waals surface area contributed by atoms with E-state index in [0.717, 1.165) is 6.42 Å². The molecule has 8 heavy (non-hydrogen) atoms. The maximum absolute atomic E-state index is 4.32. The summed E-state index contributed by atoms with van der Waals surface area (Å²) in [6.07, 6.45) is 0.882. The first kappa shape index (κ1) is 7.36. The predicted octanol–water partition coefficient (Wildman–Crippen LogP) is 1.50. The quantitative estimate of drug-likeness (QED) is 0.294. The Hall–Kier alpha value is -0.640. The molecule has 0 radical (unpaired) electrons. The van der Waals surface area contributed by atoms with E-state index in [1.807, 2.05) is 6.92 Å². The Kier molecular flexibility index (Phi) is 5.85. The van der Waals surface area contributed by atoms with Gasteiger partial charge in [0, 0.05) is 6.42 Å². The fourth-order valence-electron chi connectivity index (χ4n) is 0.253. The largest absolute Gasteiger partial charge is 0.219 e. The van der Waals surface area contributed by atoms with Crippen LogP contribution in [0, 0.1) is 11.8 Å². The van der Waals surface area contributed by atoms with E-state index < -0.39 is 0 Å². The molecular formula is C6H7NS. The van der Waals surface area contributed by atoms with E-state index in [4.69, 9.17) is 0 Å². The zero-order chi connectivity index (χ0) is 6.24. The highest BCUT2D eigenvalue weighted by atomic mass is 32.1. The van der Waals surface area contributed by atoms with E-state index in [2.05, 4.69) is 34.2 Å². The zero-order valence-corrected chi connectivity index (χ0v) is 5.59. The van der Waals surface area contributed by atoms with E-state index in [0.29, 0.717) is 6.54 Å². The van der Waals surface area contributed by atoms with E-state index in [9.17, 15) is 0 Å². The summed E-state index contributed by atoms with van der Waals surface area (Å²) in [5.41, 5.74) is 0. The van der Waals surface area contributed by atoms with Crippen molar-refractivity contribution in [2.75, 3.05) is 6.54 Å². The molecule has 0 aliphatic carbocycles. The van der Waals surface area contributed by atoms with E-state index in [-0.39, 0.29) is 0 Å². The van der Waals surface area contributed by atoms with Crippen molar-refractivity contribution in [3.05, 3.63) is 0 Å². The number of hydrogen-bond donors (Lipinski definition) is 0. The van der Waals surface area contributed by atoms with Crippen LogP contribution in [0.3, 0.4) is 0 Å². The van der Waals surface area contributed by atoms with Crippen molar-refractivity contribution in [1.82, 2.24) is 0 Å². The van der Waals surface area contributed by atoms with Gasteiger partial charge < -0.3 is 0 Å². The maximum Gasteiger partial charge on any atom is 0.110 e. The van der Waals surface area contributed by atoms with Crippen LogP contribution in [0.15, 0.2) is 4.99 Å². The van der Waals surface area contributed by atoms with Gasteiger partial charge in [0.05, 0.1) is 5.16 Å². The van der Waals surface area contributed by atoms with E-state index in [1.165, 1.54) is 0 Å². The molecule has 0 saturated heterocycles. The SMILES string of the molecule is CCC#CCN=C=S. The highest BCUT2D eigenvalue weighted by Gasteiger charge is 1.62. The Morgan fingerprint density at radius 1 is 1.50 bits per heavy atom. The molecule has 0 aromatic heterocycles. The molecule has 0 aliphatic rings. The van der Waals surface area contributed by atoms with Crippen LogP contribution < -0.4 is 0 Å². The van der Waals surface area contributed by atoms with Gasteiger partial charge in [-0.3, -0.25) is 0 Å². The summed E-state index contributed by atoms with van der Waals surface area (Å²) < 4.78 is 0. The second-order valence-corrected chi connectivity index (χ2v) is 1.30. The van der Waals surface area contributed by atoms with Gasteiger partial charge in [-0.1, -0.05) is 12.8 Å². The highest BCUT2D eigenvalue weighted by Crippen LogP contribution is 1.67. The van der Waals surface area contributed by atoms with Crippen LogP contribution in [0.25, 0.3) is 0 Å². The van der Waals surface area contributed by atoms with Crippen LogP contribution in [-0.2, 0) is 0 Å². The van der Waals surface area contributed by atoms with E-state index >= 15 is 0 Å². The molecule has 0 N–H and O–H groups in total. The molecule has 0 aromatic carbocycles. The molecule has 1 nitrogen and oxygen atoms in total. The molecule has 0 atom stereocenters. The standard InChI is InChI=1S/C6H7NS/c1-2-3-4-5-7-6-8/h2,5H2,1H3. The van der Waals surface area contributed by atoms with Gasteiger partial charge in [-0.15, -0.1) is 5.92 Å². The first-order valence-corrected chi connectivity index (χ1v) is 2.82. The number of hydrogen-bond acceptors (Lipinski definition) is 2. The van der Waals surface area contributed by atoms with Gasteiger partial charge >= 0.3 is 0 Å². The smallest absolute Gasteiger partial charge is 0.110 e. The topological polar surface area (TPSA) is 12.4 Å². The molecule has 2 heteroatoms. The van der Waals surface area contributed by atoms with Crippen LogP contribution in [0.5, 0.6) is 0 Å². The fraction of sp³-hybridized carbons (Fsp3) is 0.500. The van der Waals surface area contributed by atoms with E-state index in [1.54, 1.807) is 0 Å². The number of aliphatic imine (C=N–C) groups is 1. The first-order chi connectivity index (χ1) is 3.91. The molecule has 0 amide bonds. The zero-order valence-electron chi connectivity index (χ0n) is 4.77. The second-order valence-electron chi connectivity index (χ2n) is 1.11. The Balaban J connectivity index is 3.29. The Morgan fingerprint density at radius 3 is 2.75 bits per heavy atom. The van der Waals surface area contributed by atoms with Gasteiger partial charge in [0.25, 0.3) is 0 Å². The summed E-state index contributed by atoms with van der Waals surface area (Å²) in [4.78, 5) is 3.60. The van der Waals surface area contributed by atoms with Crippen molar-refractivity contribution >= 4 is 17.4 Å². The van der Waals surface area contributed by atoms with Crippen LogP contribution in [0.1, 0.15) is 13.3 Å². The molecule has 0 bridgehead atoms. The normalized spacial score (nSPS) is 6.12. The van der Waals surface area contributed by atoms with Crippen molar-refractivity contribution in [2.24, 2.45) is 4.99 Å². The highest BCUT2D eigenvalue weighted by molar-refractivity contribution is 7.78. The third-order valence-corrected chi connectivity index (χ3v) is 0.654. The average molecular weight is 125 g/mol. The molecule has 0 aromatic rings. The molecule has 0 rings (SSSR count). The number of rotatable bonds is 1. The lowest BCUT2D eigenvalue weighted by Gasteiger charge is -1.69. The van der Waals surface area contributed by atoms with Gasteiger partial charge in [0.1, 0.15) is 6.54 Å². The maximum atomic E-state index is 4.32. The van der Waals surface area contributed by atoms with Gasteiger partial charge in [-0.25, -0.2) is 4.99 Å². The van der Waals surface area contributed by atoms with Crippen LogP contribution in [0.4, 0.5) is 0 Å². The lowest BCUT2D eigenvalue weighted by molar-refractivity contribution is 1.25. The van der Waals surface area contributed by atoms with Crippen molar-refractivity contribution in [1.29, 1.82) is 0 Å². The summed E-state index contributed by atoms with van der Waals surface area (Å²) in [5, 5.41) is 2.23. The summed E-state index contributed by atoms with van der Waals surface area (Å²) >= 11 is 4.32. The average Bonchev–Trinajstić information content (AvgIpc) is 1.81. The molecule has 0 heterocycles. The summed E-state index contributed by atoms with van der Waals surface area (Å²) in [6, 6.07) is 0. The Morgan fingerprint density at radius 2 is 2.25 bits per heavy atom. The summed E-state index contributed by atoms with van der Waals surface area (Å²) in [7, 11) is 0. The van der Waals surface area contributed by atoms with Crippen molar-refractivity contribution in [3.63, 3.8) is 0 Å². The minimum Gasteiger partial charge on any atom is -0.219 e. The lowest BCUT2D eigenvalue weighted by atomic mass is 10.5. The van der Waals surface area contributed by atoms with Crippen molar-refractivity contribution in [2.45, 2.75) is 13.3 Å². The minimum atomic E-state index is 0.497. The first-order valence-electron chi connectivity index (χ1n) is 2.41. The number of isothiocyanates is 1. The molecule has 0 saturated carbocycles. The minimum absolute atomic E-state index is 0.497. The summed E-state index contributed by atoms with van der Waals surface area (Å²) in [5.74, 6) is 5.64. The van der Waals surface area contributed by atoms with Crippen molar-refractivity contribution < 1.29 is 0 Å². The van der Waals surface area contributed by atoms with Crippen LogP contribution >= 0.6 is 12.2 Å². The molecule has 0 unspecified atom stereocenters. The second kappa shape index (κ2) is 6.36. The van der Waals surface area contributed by atoms with Crippen molar-refractivity contribution in [3.8, 4) is 11.8 Å². The van der Waals surface area contributed by atoms with Gasteiger partial charge in [0.15, 0.2) is 0 Å². The third kappa shape index (κ3) is 5.36. The van der Waals surface area contributed by atoms with Gasteiger partial charge in [0.2, 0.25) is 0 Å². The fourth-order valence-corrected chi connectivity index (χ4v) is 0.317. The number of nitrogens with zero attached hydrogens (tertiary/aromatic N) is 1. The molecule has 42 valence electrons. The van der Waals surface area contributed by atoms with Crippen LogP contribution in [0.2, 0.25) is 0 Å². The Labute approximate surface area is 54.8 Å².